The Kier molecular flexibility index (Phi) is 3.61. The maximum absolute atomic E-state index is 5.85. The molecule has 4 heteroatoms. The quantitative estimate of drug-likeness (QED) is 0.391. The van der Waals surface area contributed by atoms with E-state index in [0.717, 1.165) is 33.1 Å². The molecule has 2 aromatic heterocycles. The van der Waals surface area contributed by atoms with Crippen LogP contribution in [0.4, 0.5) is 0 Å². The zero-order valence-electron chi connectivity index (χ0n) is 14.7. The largest absolute Gasteiger partial charge is 0.456 e. The highest BCUT2D eigenvalue weighted by atomic mass is 16.5. The molecule has 0 unspecified atom stereocenters. The lowest BCUT2D eigenvalue weighted by Crippen LogP contribution is -1.92. The topological polar surface area (TPSA) is 48.2 Å². The minimum atomic E-state index is 0.318. The summed E-state index contributed by atoms with van der Waals surface area (Å²) in [5, 5.41) is 2.08. The van der Waals surface area contributed by atoms with Crippen LogP contribution in [0.1, 0.15) is 5.56 Å². The van der Waals surface area contributed by atoms with Crippen molar-refractivity contribution in [1.29, 1.82) is 0 Å². The van der Waals surface area contributed by atoms with Gasteiger partial charge in [-0.2, -0.15) is 0 Å². The summed E-state index contributed by atoms with van der Waals surface area (Å²) in [5.41, 5.74) is 4.96. The molecule has 0 bridgehead atoms. The predicted molar refractivity (Wildman–Crippen MR) is 106 cm³/mol. The molecule has 0 saturated carbocycles. The first-order valence-electron chi connectivity index (χ1n) is 8.74. The van der Waals surface area contributed by atoms with Gasteiger partial charge in [0, 0.05) is 28.7 Å². The monoisotopic (exact) mass is 352 g/mol. The summed E-state index contributed by atoms with van der Waals surface area (Å²) in [4.78, 5) is 8.69. The van der Waals surface area contributed by atoms with E-state index in [0.29, 0.717) is 11.8 Å². The zero-order valence-corrected chi connectivity index (χ0v) is 14.7. The molecule has 5 aromatic rings. The molecule has 4 nitrogen and oxygen atoms in total. The van der Waals surface area contributed by atoms with E-state index in [1.54, 1.807) is 12.4 Å². The Morgan fingerprint density at radius 1 is 0.741 bits per heavy atom. The SMILES string of the molecule is Cc1ccc(-c2cnc(Oc3ccc4oc5ccccc5c4c3)nc2)cc1. The molecule has 5 rings (SSSR count). The number of aromatic nitrogens is 2. The third-order valence-corrected chi connectivity index (χ3v) is 4.57. The number of ether oxygens (including phenoxy) is 1. The molecule has 2 heterocycles. The fourth-order valence-electron chi connectivity index (χ4n) is 3.14. The Bertz CT molecular complexity index is 1240. The third-order valence-electron chi connectivity index (χ3n) is 4.57. The zero-order chi connectivity index (χ0) is 18.2. The molecular weight excluding hydrogens is 336 g/mol. The summed E-state index contributed by atoms with van der Waals surface area (Å²) < 4.78 is 11.7. The summed E-state index contributed by atoms with van der Waals surface area (Å²) in [6.45, 7) is 2.07. The lowest BCUT2D eigenvalue weighted by atomic mass is 10.1. The Morgan fingerprint density at radius 3 is 2.30 bits per heavy atom. The van der Waals surface area contributed by atoms with Gasteiger partial charge in [0.15, 0.2) is 0 Å². The Hall–Kier alpha value is -3.66. The van der Waals surface area contributed by atoms with Crippen LogP contribution in [0.3, 0.4) is 0 Å². The molecule has 0 atom stereocenters. The second-order valence-corrected chi connectivity index (χ2v) is 6.48. The maximum atomic E-state index is 5.85. The van der Waals surface area contributed by atoms with Gasteiger partial charge in [0.05, 0.1) is 0 Å². The Morgan fingerprint density at radius 2 is 1.48 bits per heavy atom. The minimum Gasteiger partial charge on any atom is -0.456 e. The second kappa shape index (κ2) is 6.25. The van der Waals surface area contributed by atoms with E-state index in [1.165, 1.54) is 5.56 Å². The van der Waals surface area contributed by atoms with Gasteiger partial charge in [-0.1, -0.05) is 48.0 Å². The highest BCUT2D eigenvalue weighted by Crippen LogP contribution is 2.32. The van der Waals surface area contributed by atoms with Gasteiger partial charge in [0.2, 0.25) is 0 Å². The van der Waals surface area contributed by atoms with Gasteiger partial charge in [-0.3, -0.25) is 0 Å². The van der Waals surface area contributed by atoms with Crippen LogP contribution in [0, 0.1) is 6.92 Å². The van der Waals surface area contributed by atoms with Crippen molar-refractivity contribution < 1.29 is 9.15 Å². The van der Waals surface area contributed by atoms with Gasteiger partial charge in [-0.15, -0.1) is 0 Å². The molecule has 0 N–H and O–H groups in total. The van der Waals surface area contributed by atoms with Crippen LogP contribution in [0.25, 0.3) is 33.1 Å². The summed E-state index contributed by atoms with van der Waals surface area (Å²) >= 11 is 0. The summed E-state index contributed by atoms with van der Waals surface area (Å²) in [6.07, 6.45) is 3.55. The molecule has 0 aliphatic heterocycles. The first-order chi connectivity index (χ1) is 13.3. The molecule has 3 aromatic carbocycles. The van der Waals surface area contributed by atoms with Crippen molar-refractivity contribution >= 4 is 21.9 Å². The lowest BCUT2D eigenvalue weighted by Gasteiger charge is -2.05. The number of aryl methyl sites for hydroxylation is 1. The van der Waals surface area contributed by atoms with Crippen molar-refractivity contribution in [2.24, 2.45) is 0 Å². The number of para-hydroxylation sites is 1. The number of fused-ring (bicyclic) bond motifs is 3. The molecule has 0 aliphatic rings. The van der Waals surface area contributed by atoms with Crippen molar-refractivity contribution in [3.05, 3.63) is 84.7 Å². The van der Waals surface area contributed by atoms with Crippen molar-refractivity contribution in [2.75, 3.05) is 0 Å². The van der Waals surface area contributed by atoms with E-state index in [-0.39, 0.29) is 0 Å². The summed E-state index contributed by atoms with van der Waals surface area (Å²) in [7, 11) is 0. The van der Waals surface area contributed by atoms with Gasteiger partial charge < -0.3 is 9.15 Å². The lowest BCUT2D eigenvalue weighted by molar-refractivity contribution is 0.442. The molecule has 0 saturated heterocycles. The fraction of sp³-hybridized carbons (Fsp3) is 0.0435. The van der Waals surface area contributed by atoms with Crippen LogP contribution in [0.5, 0.6) is 11.8 Å². The second-order valence-electron chi connectivity index (χ2n) is 6.48. The van der Waals surface area contributed by atoms with Crippen LogP contribution in [-0.4, -0.2) is 9.97 Å². The van der Waals surface area contributed by atoms with Gasteiger partial charge in [0.25, 0.3) is 0 Å². The van der Waals surface area contributed by atoms with Crippen molar-refractivity contribution in [3.8, 4) is 22.9 Å². The minimum absolute atomic E-state index is 0.318. The average molecular weight is 352 g/mol. The van der Waals surface area contributed by atoms with Gasteiger partial charge in [-0.05, 0) is 36.8 Å². The van der Waals surface area contributed by atoms with Crippen LogP contribution in [0.15, 0.2) is 83.5 Å². The molecule has 0 amide bonds. The number of rotatable bonds is 3. The standard InChI is InChI=1S/C23H16N2O2/c1-15-6-8-16(9-7-15)17-13-24-23(25-14-17)26-18-10-11-22-20(12-18)19-4-2-3-5-21(19)27-22/h2-14H,1H3. The highest BCUT2D eigenvalue weighted by Gasteiger charge is 2.09. The Balaban J connectivity index is 1.44. The highest BCUT2D eigenvalue weighted by molar-refractivity contribution is 6.05. The number of nitrogens with zero attached hydrogens (tertiary/aromatic N) is 2. The first-order valence-corrected chi connectivity index (χ1v) is 8.74. The van der Waals surface area contributed by atoms with Crippen LogP contribution >= 0.6 is 0 Å². The van der Waals surface area contributed by atoms with E-state index in [1.807, 2.05) is 42.5 Å². The van der Waals surface area contributed by atoms with Crippen molar-refractivity contribution in [2.45, 2.75) is 6.92 Å². The van der Waals surface area contributed by atoms with E-state index in [4.69, 9.17) is 9.15 Å². The van der Waals surface area contributed by atoms with E-state index >= 15 is 0 Å². The van der Waals surface area contributed by atoms with Crippen molar-refractivity contribution in [1.82, 2.24) is 9.97 Å². The maximum Gasteiger partial charge on any atom is 0.321 e. The van der Waals surface area contributed by atoms with Crippen LogP contribution in [0.2, 0.25) is 0 Å². The molecule has 0 spiro atoms. The molecule has 27 heavy (non-hydrogen) atoms. The normalized spacial score (nSPS) is 11.1. The van der Waals surface area contributed by atoms with Gasteiger partial charge in [0.1, 0.15) is 16.9 Å². The predicted octanol–water partition coefficient (Wildman–Crippen LogP) is 6.14. The average Bonchev–Trinajstić information content (AvgIpc) is 3.07. The van der Waals surface area contributed by atoms with E-state index in [2.05, 4.69) is 41.2 Å². The van der Waals surface area contributed by atoms with E-state index < -0.39 is 0 Å². The summed E-state index contributed by atoms with van der Waals surface area (Å²) in [6, 6.07) is 22.3. The van der Waals surface area contributed by atoms with Crippen LogP contribution in [-0.2, 0) is 0 Å². The number of hydrogen-bond acceptors (Lipinski definition) is 4. The van der Waals surface area contributed by atoms with Crippen LogP contribution < -0.4 is 4.74 Å². The third kappa shape index (κ3) is 2.91. The first kappa shape index (κ1) is 15.6. The summed E-state index contributed by atoms with van der Waals surface area (Å²) in [5.74, 6) is 0.678. The fourth-order valence-corrected chi connectivity index (χ4v) is 3.14. The van der Waals surface area contributed by atoms with Gasteiger partial charge >= 0.3 is 6.01 Å². The number of furan rings is 1. The molecule has 0 fully saturated rings. The molecular formula is C23H16N2O2. The van der Waals surface area contributed by atoms with Gasteiger partial charge in [-0.25, -0.2) is 9.97 Å². The molecule has 0 aliphatic carbocycles. The van der Waals surface area contributed by atoms with E-state index in [9.17, 15) is 0 Å². The molecule has 0 radical (unpaired) electrons. The van der Waals surface area contributed by atoms with Crippen molar-refractivity contribution in [3.63, 3.8) is 0 Å². The number of hydrogen-bond donors (Lipinski definition) is 0. The molecule has 130 valence electrons. The smallest absolute Gasteiger partial charge is 0.321 e. The Labute approximate surface area is 156 Å². The number of benzene rings is 3.